The molecule has 0 aliphatic heterocycles. The SMILES string of the molecule is O=C(CSc1nc2c(c(C(F)(F)F)n1)CCc1ccccc1-2)NCc1cccs1. The lowest BCUT2D eigenvalue weighted by Crippen LogP contribution is -2.24. The fourth-order valence-electron chi connectivity index (χ4n) is 3.23. The molecule has 0 fully saturated rings. The van der Waals surface area contributed by atoms with E-state index in [1.165, 1.54) is 11.3 Å². The van der Waals surface area contributed by atoms with Gasteiger partial charge in [-0.15, -0.1) is 11.3 Å². The summed E-state index contributed by atoms with van der Waals surface area (Å²) >= 11 is 2.43. The van der Waals surface area contributed by atoms with Gasteiger partial charge in [-0.05, 0) is 29.9 Å². The minimum atomic E-state index is -4.57. The van der Waals surface area contributed by atoms with E-state index in [9.17, 15) is 18.0 Å². The van der Waals surface area contributed by atoms with Gasteiger partial charge in [-0.2, -0.15) is 13.2 Å². The monoisotopic (exact) mass is 435 g/mol. The van der Waals surface area contributed by atoms with Crippen LogP contribution in [-0.4, -0.2) is 21.6 Å². The number of nitrogens with zero attached hydrogens (tertiary/aromatic N) is 2. The number of halogens is 3. The van der Waals surface area contributed by atoms with Gasteiger partial charge in [0.2, 0.25) is 5.91 Å². The number of hydrogen-bond donors (Lipinski definition) is 1. The Morgan fingerprint density at radius 3 is 2.72 bits per heavy atom. The number of hydrogen-bond acceptors (Lipinski definition) is 5. The summed E-state index contributed by atoms with van der Waals surface area (Å²) in [5, 5.41) is 4.62. The van der Waals surface area contributed by atoms with Gasteiger partial charge in [-0.3, -0.25) is 4.79 Å². The Kier molecular flexibility index (Phi) is 5.60. The molecule has 2 heterocycles. The number of nitrogens with one attached hydrogen (secondary N) is 1. The summed E-state index contributed by atoms with van der Waals surface area (Å²) < 4.78 is 40.9. The summed E-state index contributed by atoms with van der Waals surface area (Å²) in [4.78, 5) is 21.2. The van der Waals surface area contributed by atoms with Gasteiger partial charge in [0, 0.05) is 16.0 Å². The molecule has 4 rings (SSSR count). The Morgan fingerprint density at radius 1 is 1.14 bits per heavy atom. The zero-order chi connectivity index (χ0) is 20.4. The highest BCUT2D eigenvalue weighted by atomic mass is 32.2. The largest absolute Gasteiger partial charge is 0.433 e. The number of carbonyl (C=O) groups is 1. The molecule has 1 N–H and O–H groups in total. The molecule has 2 aromatic heterocycles. The molecule has 1 aliphatic rings. The first-order chi connectivity index (χ1) is 13.9. The molecule has 4 nitrogen and oxygen atoms in total. The van der Waals surface area contributed by atoms with Gasteiger partial charge in [0.15, 0.2) is 10.9 Å². The maximum Gasteiger partial charge on any atom is 0.433 e. The fraction of sp³-hybridized carbons (Fsp3) is 0.250. The zero-order valence-corrected chi connectivity index (χ0v) is 16.8. The molecular formula is C20H16F3N3OS2. The summed E-state index contributed by atoms with van der Waals surface area (Å²) in [6.07, 6.45) is -3.81. The van der Waals surface area contributed by atoms with Crippen molar-refractivity contribution in [2.24, 2.45) is 0 Å². The number of thiophene rings is 1. The Bertz CT molecular complexity index is 1040. The van der Waals surface area contributed by atoms with Crippen LogP contribution in [0.2, 0.25) is 0 Å². The van der Waals surface area contributed by atoms with Gasteiger partial charge >= 0.3 is 6.18 Å². The van der Waals surface area contributed by atoms with Crippen molar-refractivity contribution in [3.63, 3.8) is 0 Å². The number of rotatable bonds is 5. The predicted octanol–water partition coefficient (Wildman–Crippen LogP) is 4.73. The lowest BCUT2D eigenvalue weighted by molar-refractivity contribution is -0.142. The van der Waals surface area contributed by atoms with Gasteiger partial charge in [0.1, 0.15) is 0 Å². The summed E-state index contributed by atoms with van der Waals surface area (Å²) in [7, 11) is 0. The molecule has 1 aromatic carbocycles. The minimum absolute atomic E-state index is 0.0425. The summed E-state index contributed by atoms with van der Waals surface area (Å²) in [5.41, 5.74) is 1.21. The van der Waals surface area contributed by atoms with E-state index in [1.807, 2.05) is 29.6 Å². The van der Waals surface area contributed by atoms with E-state index in [2.05, 4.69) is 15.3 Å². The van der Waals surface area contributed by atoms with Crippen LogP contribution in [0.3, 0.4) is 0 Å². The first-order valence-corrected chi connectivity index (χ1v) is 10.8. The molecule has 0 bridgehead atoms. The van der Waals surface area contributed by atoms with Crippen LogP contribution in [0.1, 0.15) is 21.7 Å². The second kappa shape index (κ2) is 8.16. The first-order valence-electron chi connectivity index (χ1n) is 8.90. The molecular weight excluding hydrogens is 419 g/mol. The number of carbonyl (C=O) groups excluding carboxylic acids is 1. The van der Waals surface area contributed by atoms with Crippen molar-refractivity contribution in [2.45, 2.75) is 30.7 Å². The summed E-state index contributed by atoms with van der Waals surface area (Å²) in [5.74, 6) is -0.331. The average molecular weight is 435 g/mol. The number of aryl methyl sites for hydroxylation is 1. The van der Waals surface area contributed by atoms with Gasteiger partial charge in [-0.1, -0.05) is 42.1 Å². The molecule has 0 unspecified atom stereocenters. The summed E-state index contributed by atoms with van der Waals surface area (Å²) in [6, 6.07) is 11.1. The highest BCUT2D eigenvalue weighted by Crippen LogP contribution is 2.40. The van der Waals surface area contributed by atoms with Crippen molar-refractivity contribution in [2.75, 3.05) is 5.75 Å². The number of alkyl halides is 3. The van der Waals surface area contributed by atoms with Gasteiger partial charge in [-0.25, -0.2) is 9.97 Å². The molecule has 1 amide bonds. The van der Waals surface area contributed by atoms with Gasteiger partial charge < -0.3 is 5.32 Å². The molecule has 0 saturated carbocycles. The van der Waals surface area contributed by atoms with Crippen LogP contribution in [0.5, 0.6) is 0 Å². The molecule has 3 aromatic rings. The molecule has 0 atom stereocenters. The number of fused-ring (bicyclic) bond motifs is 3. The Balaban J connectivity index is 1.57. The van der Waals surface area contributed by atoms with E-state index in [4.69, 9.17) is 0 Å². The third kappa shape index (κ3) is 4.45. The molecule has 1 aliphatic carbocycles. The highest BCUT2D eigenvalue weighted by molar-refractivity contribution is 7.99. The Labute approximate surface area is 173 Å². The van der Waals surface area contributed by atoms with Crippen LogP contribution < -0.4 is 5.32 Å². The maximum atomic E-state index is 13.6. The van der Waals surface area contributed by atoms with Crippen molar-refractivity contribution in [1.82, 2.24) is 15.3 Å². The molecule has 0 spiro atoms. The molecule has 0 saturated heterocycles. The molecule has 150 valence electrons. The Hall–Kier alpha value is -2.39. The standard InChI is InChI=1S/C20H16F3N3OS2/c21-20(22,23)18-15-8-7-12-4-1-2-6-14(12)17(15)25-19(26-18)29-11-16(27)24-10-13-5-3-9-28-13/h1-6,9H,7-8,10-11H2,(H,24,27). The quantitative estimate of drug-likeness (QED) is 0.465. The number of benzene rings is 1. The first kappa shape index (κ1) is 19.9. The van der Waals surface area contributed by atoms with E-state index in [1.54, 1.807) is 12.1 Å². The zero-order valence-electron chi connectivity index (χ0n) is 15.1. The number of aromatic nitrogens is 2. The third-order valence-electron chi connectivity index (χ3n) is 4.54. The number of amides is 1. The van der Waals surface area contributed by atoms with Crippen LogP contribution in [0, 0.1) is 0 Å². The van der Waals surface area contributed by atoms with E-state index in [0.29, 0.717) is 24.2 Å². The van der Waals surface area contributed by atoms with Crippen LogP contribution in [-0.2, 0) is 30.4 Å². The Morgan fingerprint density at radius 2 is 1.97 bits per heavy atom. The highest BCUT2D eigenvalue weighted by Gasteiger charge is 2.38. The van der Waals surface area contributed by atoms with Crippen molar-refractivity contribution in [1.29, 1.82) is 0 Å². The fourth-order valence-corrected chi connectivity index (χ4v) is 4.55. The third-order valence-corrected chi connectivity index (χ3v) is 6.27. The van der Waals surface area contributed by atoms with Crippen molar-refractivity contribution in [3.05, 3.63) is 63.5 Å². The average Bonchev–Trinajstić information content (AvgIpc) is 3.23. The second-order valence-electron chi connectivity index (χ2n) is 6.48. The van der Waals surface area contributed by atoms with Crippen LogP contribution in [0.25, 0.3) is 11.3 Å². The molecule has 29 heavy (non-hydrogen) atoms. The number of thioether (sulfide) groups is 1. The van der Waals surface area contributed by atoms with E-state index in [0.717, 1.165) is 22.2 Å². The van der Waals surface area contributed by atoms with Crippen molar-refractivity contribution in [3.8, 4) is 11.3 Å². The smallest absolute Gasteiger partial charge is 0.350 e. The lowest BCUT2D eigenvalue weighted by atomic mass is 9.88. The minimum Gasteiger partial charge on any atom is -0.350 e. The molecule has 0 radical (unpaired) electrons. The van der Waals surface area contributed by atoms with Crippen LogP contribution in [0.15, 0.2) is 46.9 Å². The van der Waals surface area contributed by atoms with Crippen LogP contribution in [0.4, 0.5) is 13.2 Å². The lowest BCUT2D eigenvalue weighted by Gasteiger charge is -2.22. The molecule has 9 heteroatoms. The van der Waals surface area contributed by atoms with Crippen LogP contribution >= 0.6 is 23.1 Å². The predicted molar refractivity (Wildman–Crippen MR) is 107 cm³/mol. The summed E-state index contributed by atoms with van der Waals surface area (Å²) in [6.45, 7) is 0.392. The van der Waals surface area contributed by atoms with Crippen molar-refractivity contribution >= 4 is 29.0 Å². The van der Waals surface area contributed by atoms with E-state index < -0.39 is 11.9 Å². The normalized spacial score (nSPS) is 12.9. The second-order valence-corrected chi connectivity index (χ2v) is 8.46. The maximum absolute atomic E-state index is 13.6. The van der Waals surface area contributed by atoms with E-state index in [-0.39, 0.29) is 28.8 Å². The van der Waals surface area contributed by atoms with Gasteiger partial charge in [0.05, 0.1) is 18.0 Å². The topological polar surface area (TPSA) is 54.9 Å². The van der Waals surface area contributed by atoms with E-state index >= 15 is 0 Å². The van der Waals surface area contributed by atoms with Crippen molar-refractivity contribution < 1.29 is 18.0 Å². The van der Waals surface area contributed by atoms with Gasteiger partial charge in [0.25, 0.3) is 0 Å².